The van der Waals surface area contributed by atoms with Gasteiger partial charge in [0.2, 0.25) is 11.8 Å². The molecule has 1 aliphatic rings. The van der Waals surface area contributed by atoms with Crippen molar-refractivity contribution in [1.29, 1.82) is 0 Å². The zero-order valence-corrected chi connectivity index (χ0v) is 9.98. The molecule has 0 radical (unpaired) electrons. The zero-order valence-electron chi connectivity index (χ0n) is 8.35. The predicted molar refractivity (Wildman–Crippen MR) is 58.0 cm³/mol. The molecule has 0 aromatic carbocycles. The van der Waals surface area contributed by atoms with Crippen LogP contribution in [-0.2, 0) is 14.4 Å². The first-order valence-corrected chi connectivity index (χ1v) is 6.60. The Morgan fingerprint density at radius 1 is 1.13 bits per heavy atom. The van der Waals surface area contributed by atoms with Crippen LogP contribution in [0, 0.1) is 0 Å². The number of carbonyl (C=O) groups is 3. The maximum atomic E-state index is 11.5. The van der Waals surface area contributed by atoms with Crippen molar-refractivity contribution in [3.63, 3.8) is 0 Å². The Balaban J connectivity index is 2.96. The van der Waals surface area contributed by atoms with Crippen molar-refractivity contribution >= 4 is 39.4 Å². The average Bonchev–Trinajstić information content (AvgIpc) is 2.98. The molecule has 5 nitrogen and oxygen atoms in total. The maximum Gasteiger partial charge on any atom is 0.353 e. The van der Waals surface area contributed by atoms with Crippen LogP contribution in [0.1, 0.15) is 26.7 Å². The van der Waals surface area contributed by atoms with Crippen molar-refractivity contribution in [2.24, 2.45) is 0 Å². The van der Waals surface area contributed by atoms with Crippen LogP contribution in [0.3, 0.4) is 0 Å². The maximum absolute atomic E-state index is 11.5. The van der Waals surface area contributed by atoms with E-state index in [1.54, 1.807) is 13.8 Å². The summed E-state index contributed by atoms with van der Waals surface area (Å²) < 4.78 is -1.40. The van der Waals surface area contributed by atoms with Crippen LogP contribution in [0.2, 0.25) is 0 Å². The first-order valence-electron chi connectivity index (χ1n) is 4.45. The first-order chi connectivity index (χ1) is 6.99. The summed E-state index contributed by atoms with van der Waals surface area (Å²) in [5.74, 6) is -2.04. The molecular weight excluding hydrogens is 238 g/mol. The largest absolute Gasteiger partial charge is 0.478 e. The highest BCUT2D eigenvalue weighted by molar-refractivity contribution is 8.94. The van der Waals surface area contributed by atoms with E-state index in [-0.39, 0.29) is 12.8 Å². The summed E-state index contributed by atoms with van der Waals surface area (Å²) in [4.78, 5) is 34.9. The third-order valence-electron chi connectivity index (χ3n) is 1.91. The minimum Gasteiger partial charge on any atom is -0.478 e. The van der Waals surface area contributed by atoms with Gasteiger partial charge in [0.05, 0.1) is 0 Å². The Labute approximate surface area is 95.0 Å². The number of carboxylic acids is 1. The second kappa shape index (κ2) is 4.44. The number of aliphatic carboxylic acids is 1. The smallest absolute Gasteiger partial charge is 0.353 e. The standard InChI is InChI=1S/C8H11NO4S2/c1-3-5(10)9(6(11)4-2)8(7(12)13)14-15-8/h3-4H2,1-2H3,(H,12,13). The van der Waals surface area contributed by atoms with Crippen molar-refractivity contribution in [3.05, 3.63) is 0 Å². The Hall–Kier alpha value is -0.690. The fourth-order valence-corrected chi connectivity index (χ4v) is 2.95. The SMILES string of the molecule is CCC(=O)N(C(=O)CC)C1(C(=O)O)SS1. The summed E-state index contributed by atoms with van der Waals surface area (Å²) in [5, 5.41) is 8.98. The molecule has 0 saturated carbocycles. The number of imide groups is 1. The summed E-state index contributed by atoms with van der Waals surface area (Å²) >= 11 is 0. The predicted octanol–water partition coefficient (Wildman–Crippen LogP) is 1.29. The highest BCUT2D eigenvalue weighted by atomic mass is 33.2. The van der Waals surface area contributed by atoms with E-state index in [1.165, 1.54) is 0 Å². The van der Waals surface area contributed by atoms with Gasteiger partial charge in [0.15, 0.2) is 0 Å². The van der Waals surface area contributed by atoms with Gasteiger partial charge in [-0.25, -0.2) is 9.69 Å². The van der Waals surface area contributed by atoms with Gasteiger partial charge in [0, 0.05) is 12.8 Å². The van der Waals surface area contributed by atoms with E-state index in [0.29, 0.717) is 0 Å². The normalized spacial score (nSPS) is 16.9. The molecule has 1 rings (SSSR count). The molecule has 0 unspecified atom stereocenters. The fraction of sp³-hybridized carbons (Fsp3) is 0.625. The van der Waals surface area contributed by atoms with Crippen LogP contribution >= 0.6 is 21.6 Å². The third kappa shape index (κ3) is 2.12. The summed E-state index contributed by atoms with van der Waals surface area (Å²) in [5.41, 5.74) is 0. The quantitative estimate of drug-likeness (QED) is 0.598. The van der Waals surface area contributed by atoms with Crippen molar-refractivity contribution in [2.75, 3.05) is 0 Å². The van der Waals surface area contributed by atoms with Crippen molar-refractivity contribution in [1.82, 2.24) is 4.90 Å². The molecule has 1 fully saturated rings. The van der Waals surface area contributed by atoms with Gasteiger partial charge in [-0.15, -0.1) is 0 Å². The number of carbonyl (C=O) groups excluding carboxylic acids is 2. The topological polar surface area (TPSA) is 74.7 Å². The summed E-state index contributed by atoms with van der Waals surface area (Å²) in [6.07, 6.45) is 0.254. The molecule has 0 aromatic heterocycles. The number of hydrogen-bond donors (Lipinski definition) is 1. The van der Waals surface area contributed by atoms with E-state index in [2.05, 4.69) is 0 Å². The Bertz CT molecular complexity index is 298. The molecule has 0 atom stereocenters. The first kappa shape index (κ1) is 12.4. The molecule has 15 heavy (non-hydrogen) atoms. The molecule has 7 heteroatoms. The monoisotopic (exact) mass is 249 g/mol. The lowest BCUT2D eigenvalue weighted by atomic mass is 10.3. The van der Waals surface area contributed by atoms with E-state index in [4.69, 9.17) is 5.11 Å². The Morgan fingerprint density at radius 3 is 1.73 bits per heavy atom. The van der Waals surface area contributed by atoms with Gasteiger partial charge in [0.25, 0.3) is 4.20 Å². The molecule has 1 N–H and O–H groups in total. The summed E-state index contributed by atoms with van der Waals surface area (Å²) in [6, 6.07) is 0. The molecule has 1 heterocycles. The lowest BCUT2D eigenvalue weighted by Gasteiger charge is -2.23. The van der Waals surface area contributed by atoms with Crippen LogP contribution in [0.25, 0.3) is 0 Å². The molecular formula is C8H11NO4S2. The van der Waals surface area contributed by atoms with E-state index in [1.807, 2.05) is 0 Å². The number of hydrogen-bond acceptors (Lipinski definition) is 5. The van der Waals surface area contributed by atoms with Gasteiger partial charge in [-0.2, -0.15) is 0 Å². The number of amides is 2. The highest BCUT2D eigenvalue weighted by Crippen LogP contribution is 2.66. The van der Waals surface area contributed by atoms with E-state index in [9.17, 15) is 14.4 Å². The number of rotatable bonds is 4. The third-order valence-corrected chi connectivity index (χ3v) is 4.55. The molecule has 0 spiro atoms. The van der Waals surface area contributed by atoms with Crippen molar-refractivity contribution in [2.45, 2.75) is 30.9 Å². The van der Waals surface area contributed by atoms with Crippen LogP contribution in [0.15, 0.2) is 0 Å². The zero-order chi connectivity index (χ0) is 11.6. The van der Waals surface area contributed by atoms with E-state index in [0.717, 1.165) is 26.5 Å². The second-order valence-electron chi connectivity index (χ2n) is 2.88. The van der Waals surface area contributed by atoms with Gasteiger partial charge in [-0.3, -0.25) is 9.59 Å². The van der Waals surface area contributed by atoms with Crippen LogP contribution < -0.4 is 0 Å². The van der Waals surface area contributed by atoms with E-state index >= 15 is 0 Å². The highest BCUT2D eigenvalue weighted by Gasteiger charge is 2.62. The van der Waals surface area contributed by atoms with Gasteiger partial charge in [0.1, 0.15) is 0 Å². The minimum atomic E-state index is -1.40. The van der Waals surface area contributed by atoms with E-state index < -0.39 is 22.0 Å². The lowest BCUT2D eigenvalue weighted by Crippen LogP contribution is -2.48. The van der Waals surface area contributed by atoms with Gasteiger partial charge in [-0.05, 0) is 21.6 Å². The molecule has 1 aliphatic heterocycles. The van der Waals surface area contributed by atoms with Crippen LogP contribution in [0.5, 0.6) is 0 Å². The summed E-state index contributed by atoms with van der Waals surface area (Å²) in [7, 11) is 2.04. The fourth-order valence-electron chi connectivity index (χ4n) is 1.06. The van der Waals surface area contributed by atoms with Crippen molar-refractivity contribution in [3.8, 4) is 0 Å². The second-order valence-corrected chi connectivity index (χ2v) is 5.66. The molecule has 2 amide bonds. The lowest BCUT2D eigenvalue weighted by molar-refractivity contribution is -0.155. The summed E-state index contributed by atoms with van der Waals surface area (Å²) in [6.45, 7) is 3.21. The average molecular weight is 249 g/mol. The number of nitrogens with zero attached hydrogens (tertiary/aromatic N) is 1. The Kier molecular flexibility index (Phi) is 3.67. The molecule has 84 valence electrons. The van der Waals surface area contributed by atoms with Gasteiger partial charge < -0.3 is 5.11 Å². The van der Waals surface area contributed by atoms with Crippen LogP contribution in [-0.4, -0.2) is 32.0 Å². The number of carboxylic acid groups (broad SMARTS) is 1. The van der Waals surface area contributed by atoms with Gasteiger partial charge in [-0.1, -0.05) is 13.8 Å². The van der Waals surface area contributed by atoms with Crippen LogP contribution in [0.4, 0.5) is 0 Å². The molecule has 1 saturated heterocycles. The molecule has 0 bridgehead atoms. The van der Waals surface area contributed by atoms with Crippen molar-refractivity contribution < 1.29 is 19.5 Å². The molecule has 0 aliphatic carbocycles. The molecule has 0 aromatic rings. The minimum absolute atomic E-state index is 0.127. The Morgan fingerprint density at radius 2 is 1.53 bits per heavy atom. The van der Waals surface area contributed by atoms with Gasteiger partial charge >= 0.3 is 5.97 Å².